The Kier molecular flexibility index (Phi) is 6.65. The molecule has 2 amide bonds. The van der Waals surface area contributed by atoms with E-state index in [1.54, 1.807) is 19.2 Å². The highest BCUT2D eigenvalue weighted by Crippen LogP contribution is 2.19. The van der Waals surface area contributed by atoms with Crippen LogP contribution in [0.3, 0.4) is 0 Å². The highest BCUT2D eigenvalue weighted by Gasteiger charge is 2.23. The average molecular weight is 335 g/mol. The summed E-state index contributed by atoms with van der Waals surface area (Å²) in [6, 6.07) is 3.29. The summed E-state index contributed by atoms with van der Waals surface area (Å²) in [6.45, 7) is 2.67. The molecular formula is C16H25N5O3. The van der Waals surface area contributed by atoms with Crippen LogP contribution in [0.25, 0.3) is 0 Å². The van der Waals surface area contributed by atoms with Crippen molar-refractivity contribution in [2.24, 2.45) is 16.6 Å². The van der Waals surface area contributed by atoms with Gasteiger partial charge in [0.2, 0.25) is 5.91 Å². The topological polar surface area (TPSA) is 113 Å². The fraction of sp³-hybridized carbons (Fsp3) is 0.562. The molecule has 1 unspecified atom stereocenters. The van der Waals surface area contributed by atoms with E-state index in [4.69, 9.17) is 10.2 Å². The Morgan fingerprint density at radius 1 is 1.42 bits per heavy atom. The molecule has 1 saturated heterocycles. The van der Waals surface area contributed by atoms with Crippen LogP contribution >= 0.6 is 0 Å². The van der Waals surface area contributed by atoms with Crippen LogP contribution in [-0.4, -0.2) is 55.9 Å². The molecule has 1 aromatic rings. The Bertz CT molecular complexity index is 570. The minimum Gasteiger partial charge on any atom is -0.459 e. The van der Waals surface area contributed by atoms with Gasteiger partial charge in [-0.15, -0.1) is 0 Å². The predicted molar refractivity (Wildman–Crippen MR) is 90.5 cm³/mol. The van der Waals surface area contributed by atoms with Crippen molar-refractivity contribution in [3.8, 4) is 0 Å². The summed E-state index contributed by atoms with van der Waals surface area (Å²) in [4.78, 5) is 29.3. The molecule has 1 fully saturated rings. The first-order valence-electron chi connectivity index (χ1n) is 8.15. The van der Waals surface area contributed by atoms with E-state index in [9.17, 15) is 9.59 Å². The molecule has 2 rings (SSSR count). The molecule has 0 saturated carbocycles. The number of nitrogens with zero attached hydrogens (tertiary/aromatic N) is 2. The summed E-state index contributed by atoms with van der Waals surface area (Å²) in [6.07, 6.45) is 3.89. The third-order valence-electron chi connectivity index (χ3n) is 3.96. The number of carbonyl (C=O) groups is 2. The Morgan fingerprint density at radius 2 is 2.21 bits per heavy atom. The highest BCUT2D eigenvalue weighted by atomic mass is 16.3. The first-order valence-corrected chi connectivity index (χ1v) is 8.15. The van der Waals surface area contributed by atoms with Crippen LogP contribution < -0.4 is 16.4 Å². The summed E-state index contributed by atoms with van der Waals surface area (Å²) in [5, 5.41) is 6.00. The largest absolute Gasteiger partial charge is 0.459 e. The average Bonchev–Trinajstić information content (AvgIpc) is 3.09. The molecule has 132 valence electrons. The van der Waals surface area contributed by atoms with Crippen LogP contribution in [0.2, 0.25) is 0 Å². The van der Waals surface area contributed by atoms with E-state index < -0.39 is 0 Å². The van der Waals surface area contributed by atoms with E-state index in [2.05, 4.69) is 20.5 Å². The number of carbonyl (C=O) groups excluding carboxylic acids is 2. The Balaban J connectivity index is 1.73. The Hall–Kier alpha value is -2.51. The number of piperidine rings is 1. The number of guanidine groups is 1. The summed E-state index contributed by atoms with van der Waals surface area (Å²) in [5.74, 6) is 0.844. The summed E-state index contributed by atoms with van der Waals surface area (Å²) in [7, 11) is 1.72. The standard InChI is InChI=1S/C16H25N5O3/c1-18-16(21-8-2-4-12(11-21)10-14(17)22)20-7-6-19-15(23)13-5-3-9-24-13/h3,5,9,12H,2,4,6-8,10-11H2,1H3,(H2,17,22)(H,18,20)(H,19,23). The molecule has 2 heterocycles. The number of hydrogen-bond donors (Lipinski definition) is 3. The predicted octanol–water partition coefficient (Wildman–Crippen LogP) is 0.172. The van der Waals surface area contributed by atoms with Gasteiger partial charge in [0.1, 0.15) is 0 Å². The van der Waals surface area contributed by atoms with Gasteiger partial charge < -0.3 is 25.7 Å². The molecule has 0 bridgehead atoms. The van der Waals surface area contributed by atoms with E-state index in [-0.39, 0.29) is 17.7 Å². The van der Waals surface area contributed by atoms with Crippen molar-refractivity contribution in [1.82, 2.24) is 15.5 Å². The van der Waals surface area contributed by atoms with Crippen molar-refractivity contribution < 1.29 is 14.0 Å². The van der Waals surface area contributed by atoms with Gasteiger partial charge in [-0.25, -0.2) is 0 Å². The summed E-state index contributed by atoms with van der Waals surface area (Å²) >= 11 is 0. The maximum atomic E-state index is 11.8. The maximum absolute atomic E-state index is 11.8. The van der Waals surface area contributed by atoms with Crippen LogP contribution in [0.1, 0.15) is 29.8 Å². The van der Waals surface area contributed by atoms with Crippen LogP contribution in [-0.2, 0) is 4.79 Å². The number of nitrogens with two attached hydrogens (primary N) is 1. The minimum absolute atomic E-state index is 0.240. The number of hydrogen-bond acceptors (Lipinski definition) is 4. The van der Waals surface area contributed by atoms with Gasteiger partial charge in [0.05, 0.1) is 6.26 Å². The van der Waals surface area contributed by atoms with Crippen molar-refractivity contribution in [2.75, 3.05) is 33.2 Å². The zero-order valence-corrected chi connectivity index (χ0v) is 14.0. The van der Waals surface area contributed by atoms with Crippen LogP contribution in [0.4, 0.5) is 0 Å². The van der Waals surface area contributed by atoms with E-state index in [0.29, 0.717) is 25.3 Å². The zero-order valence-electron chi connectivity index (χ0n) is 14.0. The fourth-order valence-electron chi connectivity index (χ4n) is 2.89. The molecule has 1 atom stereocenters. The molecular weight excluding hydrogens is 310 g/mol. The van der Waals surface area contributed by atoms with Crippen molar-refractivity contribution in [3.05, 3.63) is 24.2 Å². The monoisotopic (exact) mass is 335 g/mol. The minimum atomic E-state index is -0.259. The molecule has 0 radical (unpaired) electrons. The van der Waals surface area contributed by atoms with Gasteiger partial charge in [0.15, 0.2) is 11.7 Å². The van der Waals surface area contributed by atoms with E-state index in [1.807, 2.05) is 0 Å². The lowest BCUT2D eigenvalue weighted by Crippen LogP contribution is -2.48. The van der Waals surface area contributed by atoms with Crippen molar-refractivity contribution >= 4 is 17.8 Å². The van der Waals surface area contributed by atoms with E-state index in [1.165, 1.54) is 6.26 Å². The number of likely N-dealkylation sites (tertiary alicyclic amines) is 1. The first kappa shape index (κ1) is 17.8. The molecule has 1 aliphatic rings. The molecule has 4 N–H and O–H groups in total. The highest BCUT2D eigenvalue weighted by molar-refractivity contribution is 5.91. The van der Waals surface area contributed by atoms with Crippen LogP contribution in [0.15, 0.2) is 27.8 Å². The van der Waals surface area contributed by atoms with Crippen molar-refractivity contribution in [3.63, 3.8) is 0 Å². The molecule has 1 aromatic heterocycles. The fourth-order valence-corrected chi connectivity index (χ4v) is 2.89. The second-order valence-electron chi connectivity index (χ2n) is 5.83. The van der Waals surface area contributed by atoms with Crippen LogP contribution in [0, 0.1) is 5.92 Å². The summed E-state index contributed by atoms with van der Waals surface area (Å²) in [5.41, 5.74) is 5.29. The smallest absolute Gasteiger partial charge is 0.287 e. The molecule has 0 aromatic carbocycles. The number of aliphatic imine (C=N–C) groups is 1. The number of rotatable bonds is 6. The molecule has 8 nitrogen and oxygen atoms in total. The SMILES string of the molecule is CN=C(NCCNC(=O)c1ccco1)N1CCCC(CC(N)=O)C1. The van der Waals surface area contributed by atoms with Gasteiger partial charge in [0, 0.05) is 39.6 Å². The van der Waals surface area contributed by atoms with Gasteiger partial charge in [-0.3, -0.25) is 14.6 Å². The lowest BCUT2D eigenvalue weighted by Gasteiger charge is -2.34. The second kappa shape index (κ2) is 8.95. The number of amides is 2. The third-order valence-corrected chi connectivity index (χ3v) is 3.96. The molecule has 8 heteroatoms. The Labute approximate surface area is 141 Å². The van der Waals surface area contributed by atoms with Gasteiger partial charge >= 0.3 is 0 Å². The molecule has 1 aliphatic heterocycles. The van der Waals surface area contributed by atoms with E-state index in [0.717, 1.165) is 31.9 Å². The van der Waals surface area contributed by atoms with Gasteiger partial charge in [0.25, 0.3) is 5.91 Å². The molecule has 24 heavy (non-hydrogen) atoms. The van der Waals surface area contributed by atoms with Crippen molar-refractivity contribution in [1.29, 1.82) is 0 Å². The summed E-state index contributed by atoms with van der Waals surface area (Å²) < 4.78 is 5.03. The number of nitrogens with one attached hydrogen (secondary N) is 2. The quantitative estimate of drug-likeness (QED) is 0.390. The molecule has 0 aliphatic carbocycles. The lowest BCUT2D eigenvalue weighted by atomic mass is 9.95. The van der Waals surface area contributed by atoms with Gasteiger partial charge in [-0.05, 0) is 30.9 Å². The zero-order chi connectivity index (χ0) is 17.4. The number of primary amides is 1. The number of furan rings is 1. The van der Waals surface area contributed by atoms with Crippen molar-refractivity contribution in [2.45, 2.75) is 19.3 Å². The lowest BCUT2D eigenvalue weighted by molar-refractivity contribution is -0.119. The Morgan fingerprint density at radius 3 is 2.88 bits per heavy atom. The second-order valence-corrected chi connectivity index (χ2v) is 5.83. The third kappa shape index (κ3) is 5.29. The molecule has 0 spiro atoms. The van der Waals surface area contributed by atoms with Gasteiger partial charge in [-0.2, -0.15) is 0 Å². The van der Waals surface area contributed by atoms with E-state index >= 15 is 0 Å². The van der Waals surface area contributed by atoms with Gasteiger partial charge in [-0.1, -0.05) is 0 Å². The first-order chi connectivity index (χ1) is 11.6. The maximum Gasteiger partial charge on any atom is 0.287 e. The van der Waals surface area contributed by atoms with Crippen LogP contribution in [0.5, 0.6) is 0 Å². The normalized spacial score (nSPS) is 18.3.